The molecular formula is C16H27BrN2O. The molecule has 114 valence electrons. The van der Waals surface area contributed by atoms with Crippen molar-refractivity contribution in [1.82, 2.24) is 9.80 Å². The molecule has 0 heterocycles. The Morgan fingerprint density at radius 2 is 1.90 bits per heavy atom. The summed E-state index contributed by atoms with van der Waals surface area (Å²) in [6, 6.07) is 6.33. The van der Waals surface area contributed by atoms with Gasteiger partial charge in [0.1, 0.15) is 5.75 Å². The maximum Gasteiger partial charge on any atom is 0.133 e. The zero-order chi connectivity index (χ0) is 15.1. The van der Waals surface area contributed by atoms with E-state index in [1.165, 1.54) is 5.56 Å². The molecule has 0 aliphatic carbocycles. The monoisotopic (exact) mass is 342 g/mol. The predicted octanol–water partition coefficient (Wildman–Crippen LogP) is 3.48. The average Bonchev–Trinajstić information content (AvgIpc) is 2.35. The number of rotatable bonds is 8. The number of ether oxygens (including phenoxy) is 1. The van der Waals surface area contributed by atoms with Gasteiger partial charge in [0, 0.05) is 26.2 Å². The van der Waals surface area contributed by atoms with Crippen LogP contribution in [0.15, 0.2) is 22.7 Å². The van der Waals surface area contributed by atoms with Crippen LogP contribution in [0, 0.1) is 5.92 Å². The molecule has 0 N–H and O–H groups in total. The molecule has 0 radical (unpaired) electrons. The fourth-order valence-electron chi connectivity index (χ4n) is 2.16. The SMILES string of the molecule is COc1ccc(CN(CCN(C)C)CC(C)C)cc1Br. The molecule has 4 heteroatoms. The standard InChI is InChI=1S/C16H27BrN2O/c1-13(2)11-19(9-8-18(3)4)12-14-6-7-16(20-5)15(17)10-14/h6-7,10,13H,8-9,11-12H2,1-5H3. The Bertz CT molecular complexity index is 407. The average molecular weight is 343 g/mol. The number of nitrogens with zero attached hydrogens (tertiary/aromatic N) is 2. The Labute approximate surface area is 132 Å². The second-order valence-corrected chi connectivity index (χ2v) is 6.76. The minimum absolute atomic E-state index is 0.679. The van der Waals surface area contributed by atoms with E-state index in [-0.39, 0.29) is 0 Å². The van der Waals surface area contributed by atoms with Crippen molar-refractivity contribution < 1.29 is 4.74 Å². The number of halogens is 1. The lowest BCUT2D eigenvalue weighted by molar-refractivity contribution is 0.211. The van der Waals surface area contributed by atoms with Gasteiger partial charge in [-0.2, -0.15) is 0 Å². The first-order valence-electron chi connectivity index (χ1n) is 7.12. The summed E-state index contributed by atoms with van der Waals surface area (Å²) in [4.78, 5) is 4.75. The quantitative estimate of drug-likeness (QED) is 0.719. The second kappa shape index (κ2) is 8.65. The summed E-state index contributed by atoms with van der Waals surface area (Å²) in [5.74, 6) is 1.57. The van der Waals surface area contributed by atoms with Crippen LogP contribution in [0.5, 0.6) is 5.75 Å². The molecule has 0 bridgehead atoms. The summed E-state index contributed by atoms with van der Waals surface area (Å²) in [5, 5.41) is 0. The van der Waals surface area contributed by atoms with Crippen molar-refractivity contribution in [1.29, 1.82) is 0 Å². The van der Waals surface area contributed by atoms with Crippen LogP contribution in [0.25, 0.3) is 0 Å². The maximum atomic E-state index is 5.28. The van der Waals surface area contributed by atoms with Gasteiger partial charge in [0.2, 0.25) is 0 Å². The highest BCUT2D eigenvalue weighted by molar-refractivity contribution is 9.10. The van der Waals surface area contributed by atoms with E-state index in [9.17, 15) is 0 Å². The summed E-state index contributed by atoms with van der Waals surface area (Å²) < 4.78 is 6.30. The fraction of sp³-hybridized carbons (Fsp3) is 0.625. The van der Waals surface area contributed by atoms with Gasteiger partial charge in [0.05, 0.1) is 11.6 Å². The zero-order valence-electron chi connectivity index (χ0n) is 13.3. The van der Waals surface area contributed by atoms with Crippen molar-refractivity contribution >= 4 is 15.9 Å². The second-order valence-electron chi connectivity index (χ2n) is 5.90. The number of hydrogen-bond acceptors (Lipinski definition) is 3. The van der Waals surface area contributed by atoms with Gasteiger partial charge in [-0.05, 0) is 53.6 Å². The van der Waals surface area contributed by atoms with E-state index >= 15 is 0 Å². The van der Waals surface area contributed by atoms with Crippen LogP contribution in [-0.2, 0) is 6.54 Å². The predicted molar refractivity (Wildman–Crippen MR) is 89.4 cm³/mol. The highest BCUT2D eigenvalue weighted by Gasteiger charge is 2.10. The molecule has 1 aromatic rings. The molecule has 0 fully saturated rings. The summed E-state index contributed by atoms with van der Waals surface area (Å²) >= 11 is 3.56. The van der Waals surface area contributed by atoms with Crippen molar-refractivity contribution in [2.24, 2.45) is 5.92 Å². The molecule has 3 nitrogen and oxygen atoms in total. The molecule has 1 aromatic carbocycles. The molecule has 0 saturated heterocycles. The molecule has 0 amide bonds. The van der Waals surface area contributed by atoms with Crippen molar-refractivity contribution in [3.05, 3.63) is 28.2 Å². The normalized spacial score (nSPS) is 11.7. The fourth-order valence-corrected chi connectivity index (χ4v) is 2.75. The van der Waals surface area contributed by atoms with Crippen molar-refractivity contribution in [2.45, 2.75) is 20.4 Å². The zero-order valence-corrected chi connectivity index (χ0v) is 14.9. The molecule has 1 rings (SSSR count). The van der Waals surface area contributed by atoms with Gasteiger partial charge < -0.3 is 9.64 Å². The van der Waals surface area contributed by atoms with Crippen LogP contribution in [0.3, 0.4) is 0 Å². The van der Waals surface area contributed by atoms with Crippen LogP contribution < -0.4 is 4.74 Å². The molecule has 0 saturated carbocycles. The highest BCUT2D eigenvalue weighted by Crippen LogP contribution is 2.26. The van der Waals surface area contributed by atoms with Gasteiger partial charge in [-0.25, -0.2) is 0 Å². The number of hydrogen-bond donors (Lipinski definition) is 0. The van der Waals surface area contributed by atoms with Gasteiger partial charge in [0.25, 0.3) is 0 Å². The van der Waals surface area contributed by atoms with Gasteiger partial charge in [-0.3, -0.25) is 4.90 Å². The molecule has 0 unspecified atom stereocenters. The third-order valence-corrected chi connectivity index (χ3v) is 3.73. The molecule has 0 aliphatic rings. The highest BCUT2D eigenvalue weighted by atomic mass is 79.9. The van der Waals surface area contributed by atoms with E-state index in [0.29, 0.717) is 5.92 Å². The van der Waals surface area contributed by atoms with Crippen LogP contribution in [0.1, 0.15) is 19.4 Å². The minimum atomic E-state index is 0.679. The van der Waals surface area contributed by atoms with E-state index in [0.717, 1.165) is 36.4 Å². The van der Waals surface area contributed by atoms with Gasteiger partial charge >= 0.3 is 0 Å². The molecule has 0 spiro atoms. The van der Waals surface area contributed by atoms with Gasteiger partial charge in [-0.1, -0.05) is 19.9 Å². The number of likely N-dealkylation sites (N-methyl/N-ethyl adjacent to an activating group) is 1. The molecule has 20 heavy (non-hydrogen) atoms. The third kappa shape index (κ3) is 6.25. The Morgan fingerprint density at radius 3 is 2.40 bits per heavy atom. The van der Waals surface area contributed by atoms with Crippen LogP contribution in [0.2, 0.25) is 0 Å². The largest absolute Gasteiger partial charge is 0.496 e. The lowest BCUT2D eigenvalue weighted by Gasteiger charge is -2.26. The number of methoxy groups -OCH3 is 1. The smallest absolute Gasteiger partial charge is 0.133 e. The lowest BCUT2D eigenvalue weighted by Crippen LogP contribution is -2.34. The van der Waals surface area contributed by atoms with E-state index in [1.807, 2.05) is 6.07 Å². The third-order valence-electron chi connectivity index (χ3n) is 3.11. The molecule has 0 aromatic heterocycles. The van der Waals surface area contributed by atoms with E-state index < -0.39 is 0 Å². The first-order valence-corrected chi connectivity index (χ1v) is 7.91. The number of benzene rings is 1. The maximum absolute atomic E-state index is 5.28. The van der Waals surface area contributed by atoms with Crippen LogP contribution >= 0.6 is 15.9 Å². The van der Waals surface area contributed by atoms with E-state index in [4.69, 9.17) is 4.74 Å². The topological polar surface area (TPSA) is 15.7 Å². The van der Waals surface area contributed by atoms with Gasteiger partial charge in [-0.15, -0.1) is 0 Å². The van der Waals surface area contributed by atoms with E-state index in [2.05, 4.69) is 65.8 Å². The summed E-state index contributed by atoms with van der Waals surface area (Å²) in [5.41, 5.74) is 1.32. The minimum Gasteiger partial charge on any atom is -0.496 e. The first-order chi connectivity index (χ1) is 9.42. The van der Waals surface area contributed by atoms with E-state index in [1.54, 1.807) is 7.11 Å². The van der Waals surface area contributed by atoms with Crippen LogP contribution in [-0.4, -0.2) is 50.6 Å². The Balaban J connectivity index is 2.70. The first kappa shape index (κ1) is 17.5. The van der Waals surface area contributed by atoms with Crippen LogP contribution in [0.4, 0.5) is 0 Å². The van der Waals surface area contributed by atoms with Crippen molar-refractivity contribution in [3.63, 3.8) is 0 Å². The van der Waals surface area contributed by atoms with Gasteiger partial charge in [0.15, 0.2) is 0 Å². The molecular weight excluding hydrogens is 316 g/mol. The van der Waals surface area contributed by atoms with Crippen molar-refractivity contribution in [2.75, 3.05) is 40.8 Å². The lowest BCUT2D eigenvalue weighted by atomic mass is 10.1. The Hall–Kier alpha value is -0.580. The summed E-state index contributed by atoms with van der Waals surface area (Å²) in [7, 11) is 5.94. The molecule has 0 aliphatic heterocycles. The van der Waals surface area contributed by atoms with Crippen molar-refractivity contribution in [3.8, 4) is 5.75 Å². The molecule has 0 atom stereocenters. The summed E-state index contributed by atoms with van der Waals surface area (Å²) in [6.07, 6.45) is 0. The summed E-state index contributed by atoms with van der Waals surface area (Å²) in [6.45, 7) is 8.82. The Kier molecular flexibility index (Phi) is 7.56. The Morgan fingerprint density at radius 1 is 1.20 bits per heavy atom.